The molecule has 1 fully saturated rings. The van der Waals surface area contributed by atoms with E-state index >= 15 is 0 Å². The second-order valence-corrected chi connectivity index (χ2v) is 4.02. The Labute approximate surface area is 89.7 Å². The highest BCUT2D eigenvalue weighted by molar-refractivity contribution is 7.80. The fraction of sp³-hybridized carbons (Fsp3) is 0.364. The van der Waals surface area contributed by atoms with Crippen LogP contribution in [0.4, 0.5) is 5.69 Å². The van der Waals surface area contributed by atoms with E-state index in [1.54, 1.807) is 0 Å². The van der Waals surface area contributed by atoms with Crippen LogP contribution >= 0.6 is 12.2 Å². The first kappa shape index (κ1) is 9.46. The molecule has 14 heavy (non-hydrogen) atoms. The van der Waals surface area contributed by atoms with Crippen LogP contribution in [0.1, 0.15) is 18.4 Å². The van der Waals surface area contributed by atoms with Gasteiger partial charge in [0.1, 0.15) is 4.99 Å². The first-order valence-electron chi connectivity index (χ1n) is 4.93. The van der Waals surface area contributed by atoms with Crippen LogP contribution in [0.2, 0.25) is 0 Å². The predicted octanol–water partition coefficient (Wildman–Crippen LogP) is 1.92. The van der Waals surface area contributed by atoms with E-state index in [0.717, 1.165) is 18.7 Å². The molecule has 1 saturated heterocycles. The monoisotopic (exact) mass is 206 g/mol. The smallest absolute Gasteiger partial charge is 0.106 e. The molecule has 1 aliphatic heterocycles. The van der Waals surface area contributed by atoms with Gasteiger partial charge in [0.25, 0.3) is 0 Å². The average molecular weight is 206 g/mol. The second kappa shape index (κ2) is 3.96. The van der Waals surface area contributed by atoms with Crippen molar-refractivity contribution >= 4 is 22.9 Å². The highest BCUT2D eigenvalue weighted by atomic mass is 32.1. The number of thiocarbonyl (C=S) groups is 1. The number of anilines is 1. The van der Waals surface area contributed by atoms with Gasteiger partial charge in [-0.3, -0.25) is 0 Å². The molecule has 1 aromatic carbocycles. The summed E-state index contributed by atoms with van der Waals surface area (Å²) in [4.78, 5) is 2.85. The number of nitrogens with two attached hydrogens (primary N) is 1. The van der Waals surface area contributed by atoms with Gasteiger partial charge in [-0.15, -0.1) is 0 Å². The highest BCUT2D eigenvalue weighted by Crippen LogP contribution is 2.24. The van der Waals surface area contributed by atoms with Gasteiger partial charge in [-0.05, 0) is 25.0 Å². The lowest BCUT2D eigenvalue weighted by Gasteiger charge is -2.20. The van der Waals surface area contributed by atoms with Gasteiger partial charge < -0.3 is 10.6 Å². The summed E-state index contributed by atoms with van der Waals surface area (Å²) in [6, 6.07) is 8.11. The van der Waals surface area contributed by atoms with Gasteiger partial charge in [0, 0.05) is 24.3 Å². The van der Waals surface area contributed by atoms with Gasteiger partial charge >= 0.3 is 0 Å². The molecule has 0 bridgehead atoms. The fourth-order valence-electron chi connectivity index (χ4n) is 1.92. The Hall–Kier alpha value is -1.09. The van der Waals surface area contributed by atoms with Gasteiger partial charge in [-0.25, -0.2) is 0 Å². The van der Waals surface area contributed by atoms with Crippen molar-refractivity contribution in [2.24, 2.45) is 5.73 Å². The Kier molecular flexibility index (Phi) is 2.68. The van der Waals surface area contributed by atoms with Crippen LogP contribution in [0.3, 0.4) is 0 Å². The molecule has 1 aliphatic rings. The van der Waals surface area contributed by atoms with E-state index in [9.17, 15) is 0 Å². The van der Waals surface area contributed by atoms with Gasteiger partial charge in [-0.2, -0.15) is 0 Å². The normalized spacial score (nSPS) is 15.9. The van der Waals surface area contributed by atoms with Crippen LogP contribution in [-0.4, -0.2) is 18.1 Å². The number of nitrogens with zero attached hydrogens (tertiary/aromatic N) is 1. The molecule has 0 atom stereocenters. The molecule has 74 valence electrons. The lowest BCUT2D eigenvalue weighted by Crippen LogP contribution is -2.22. The third-order valence-electron chi connectivity index (χ3n) is 2.62. The Balaban J connectivity index is 2.35. The SMILES string of the molecule is NC(=S)c1ccccc1N1CCCC1. The summed E-state index contributed by atoms with van der Waals surface area (Å²) in [6.45, 7) is 2.25. The average Bonchev–Trinajstić information content (AvgIpc) is 2.70. The molecular formula is C11H14N2S. The van der Waals surface area contributed by atoms with Crippen molar-refractivity contribution in [3.8, 4) is 0 Å². The molecule has 3 heteroatoms. The number of hydrogen-bond acceptors (Lipinski definition) is 2. The van der Waals surface area contributed by atoms with E-state index in [1.165, 1.54) is 18.5 Å². The minimum atomic E-state index is 0.493. The molecule has 1 aromatic rings. The van der Waals surface area contributed by atoms with E-state index in [0.29, 0.717) is 4.99 Å². The van der Waals surface area contributed by atoms with Gasteiger partial charge in [-0.1, -0.05) is 24.4 Å². The fourth-order valence-corrected chi connectivity index (χ4v) is 2.09. The largest absolute Gasteiger partial charge is 0.389 e. The molecule has 2 N–H and O–H groups in total. The van der Waals surface area contributed by atoms with Crippen molar-refractivity contribution in [1.29, 1.82) is 0 Å². The summed E-state index contributed by atoms with van der Waals surface area (Å²) >= 11 is 5.04. The van der Waals surface area contributed by atoms with E-state index in [4.69, 9.17) is 18.0 Å². The Morgan fingerprint density at radius 3 is 2.50 bits per heavy atom. The van der Waals surface area contributed by atoms with Crippen molar-refractivity contribution in [3.05, 3.63) is 29.8 Å². The van der Waals surface area contributed by atoms with Crippen LogP contribution in [0.25, 0.3) is 0 Å². The lowest BCUT2D eigenvalue weighted by atomic mass is 10.1. The zero-order chi connectivity index (χ0) is 9.97. The second-order valence-electron chi connectivity index (χ2n) is 3.58. The molecule has 2 nitrogen and oxygen atoms in total. The van der Waals surface area contributed by atoms with Crippen LogP contribution in [0, 0.1) is 0 Å². The topological polar surface area (TPSA) is 29.3 Å². The molecule has 0 aromatic heterocycles. The zero-order valence-corrected chi connectivity index (χ0v) is 8.89. The van der Waals surface area contributed by atoms with Crippen LogP contribution in [0.5, 0.6) is 0 Å². The molecule has 2 rings (SSSR count). The summed E-state index contributed by atoms with van der Waals surface area (Å²) in [7, 11) is 0. The lowest BCUT2D eigenvalue weighted by molar-refractivity contribution is 0.949. The molecule has 1 heterocycles. The van der Waals surface area contributed by atoms with E-state index in [1.807, 2.05) is 18.2 Å². The van der Waals surface area contributed by atoms with Crippen LogP contribution < -0.4 is 10.6 Å². The number of para-hydroxylation sites is 1. The van der Waals surface area contributed by atoms with Crippen molar-refractivity contribution in [3.63, 3.8) is 0 Å². The highest BCUT2D eigenvalue weighted by Gasteiger charge is 2.15. The Morgan fingerprint density at radius 2 is 1.86 bits per heavy atom. The number of hydrogen-bond donors (Lipinski definition) is 1. The van der Waals surface area contributed by atoms with Crippen molar-refractivity contribution in [1.82, 2.24) is 0 Å². The van der Waals surface area contributed by atoms with Gasteiger partial charge in [0.2, 0.25) is 0 Å². The maximum Gasteiger partial charge on any atom is 0.106 e. The van der Waals surface area contributed by atoms with Crippen molar-refractivity contribution < 1.29 is 0 Å². The molecule has 0 spiro atoms. The third-order valence-corrected chi connectivity index (χ3v) is 2.84. The van der Waals surface area contributed by atoms with E-state index < -0.39 is 0 Å². The standard InChI is InChI=1S/C11H14N2S/c12-11(14)9-5-1-2-6-10(9)13-7-3-4-8-13/h1-2,5-6H,3-4,7-8H2,(H2,12,14). The van der Waals surface area contributed by atoms with Crippen LogP contribution in [0.15, 0.2) is 24.3 Å². The van der Waals surface area contributed by atoms with E-state index in [-0.39, 0.29) is 0 Å². The molecule has 0 saturated carbocycles. The molecule has 0 aliphatic carbocycles. The summed E-state index contributed by atoms with van der Waals surface area (Å²) < 4.78 is 0. The quantitative estimate of drug-likeness (QED) is 0.750. The van der Waals surface area contributed by atoms with Gasteiger partial charge in [0.15, 0.2) is 0 Å². The first-order chi connectivity index (χ1) is 6.79. The zero-order valence-electron chi connectivity index (χ0n) is 8.07. The predicted molar refractivity (Wildman–Crippen MR) is 63.8 cm³/mol. The Morgan fingerprint density at radius 1 is 1.21 bits per heavy atom. The minimum Gasteiger partial charge on any atom is -0.389 e. The molecule has 0 amide bonds. The van der Waals surface area contributed by atoms with Gasteiger partial charge in [0.05, 0.1) is 0 Å². The molecular weight excluding hydrogens is 192 g/mol. The third kappa shape index (κ3) is 1.73. The van der Waals surface area contributed by atoms with Crippen molar-refractivity contribution in [2.75, 3.05) is 18.0 Å². The first-order valence-corrected chi connectivity index (χ1v) is 5.33. The van der Waals surface area contributed by atoms with Crippen LogP contribution in [-0.2, 0) is 0 Å². The van der Waals surface area contributed by atoms with E-state index in [2.05, 4.69) is 11.0 Å². The maximum atomic E-state index is 5.69. The molecule has 0 unspecified atom stereocenters. The summed E-state index contributed by atoms with van der Waals surface area (Å²) in [6.07, 6.45) is 2.54. The number of benzene rings is 1. The Bertz CT molecular complexity index is 343. The molecule has 0 radical (unpaired) electrons. The minimum absolute atomic E-state index is 0.493. The summed E-state index contributed by atoms with van der Waals surface area (Å²) in [5.74, 6) is 0. The number of rotatable bonds is 2. The summed E-state index contributed by atoms with van der Waals surface area (Å²) in [5, 5.41) is 0. The summed E-state index contributed by atoms with van der Waals surface area (Å²) in [5.41, 5.74) is 7.88. The maximum absolute atomic E-state index is 5.69. The van der Waals surface area contributed by atoms with Crippen molar-refractivity contribution in [2.45, 2.75) is 12.8 Å².